The maximum atomic E-state index is 13.3. The van der Waals surface area contributed by atoms with E-state index in [1.165, 1.54) is 0 Å². The molecule has 6 heteroatoms. The second-order valence-electron chi connectivity index (χ2n) is 8.57. The summed E-state index contributed by atoms with van der Waals surface area (Å²) in [5, 5.41) is 0. The number of benzene rings is 3. The van der Waals surface area contributed by atoms with E-state index in [2.05, 4.69) is 4.90 Å². The van der Waals surface area contributed by atoms with Crippen molar-refractivity contribution in [2.45, 2.75) is 13.5 Å². The lowest BCUT2D eigenvalue weighted by Crippen LogP contribution is -2.49. The number of carbonyl (C=O) groups excluding carboxylic acids is 2. The van der Waals surface area contributed by atoms with Crippen molar-refractivity contribution >= 4 is 23.2 Å². The highest BCUT2D eigenvalue weighted by Crippen LogP contribution is 2.26. The van der Waals surface area contributed by atoms with E-state index in [-0.39, 0.29) is 11.8 Å². The van der Waals surface area contributed by atoms with E-state index < -0.39 is 0 Å². The molecule has 170 valence electrons. The van der Waals surface area contributed by atoms with Crippen molar-refractivity contribution < 1.29 is 9.59 Å². The number of hydrogen-bond acceptors (Lipinski definition) is 4. The summed E-state index contributed by atoms with van der Waals surface area (Å²) < 4.78 is 0. The number of piperazine rings is 1. The summed E-state index contributed by atoms with van der Waals surface area (Å²) in [4.78, 5) is 32.0. The number of anilines is 2. The molecule has 6 nitrogen and oxygen atoms in total. The number of hydrogen-bond donors (Lipinski definition) is 1. The van der Waals surface area contributed by atoms with Crippen LogP contribution < -0.4 is 10.6 Å². The minimum absolute atomic E-state index is 0.0471. The Balaban J connectivity index is 1.47. The summed E-state index contributed by atoms with van der Waals surface area (Å²) in [5.41, 5.74) is 11.0. The highest BCUT2D eigenvalue weighted by atomic mass is 16.2. The van der Waals surface area contributed by atoms with E-state index in [0.29, 0.717) is 49.5 Å². The minimum atomic E-state index is -0.0701. The molecular formula is C27H30N4O2. The van der Waals surface area contributed by atoms with Crippen molar-refractivity contribution in [1.82, 2.24) is 9.80 Å². The topological polar surface area (TPSA) is 69.9 Å². The van der Waals surface area contributed by atoms with Gasteiger partial charge in [-0.2, -0.15) is 0 Å². The normalized spacial score (nSPS) is 13.6. The zero-order chi connectivity index (χ0) is 23.4. The summed E-state index contributed by atoms with van der Waals surface area (Å²) in [6, 6.07) is 23.1. The van der Waals surface area contributed by atoms with Crippen LogP contribution in [-0.4, -0.2) is 54.8 Å². The van der Waals surface area contributed by atoms with Crippen molar-refractivity contribution in [3.05, 3.63) is 95.1 Å². The zero-order valence-electron chi connectivity index (χ0n) is 19.2. The highest BCUT2D eigenvalue weighted by molar-refractivity contribution is 6.00. The Labute approximate surface area is 195 Å². The molecule has 0 radical (unpaired) electrons. The fourth-order valence-corrected chi connectivity index (χ4v) is 4.16. The molecule has 4 rings (SSSR count). The third-order valence-corrected chi connectivity index (χ3v) is 6.07. The smallest absolute Gasteiger partial charge is 0.256 e. The third-order valence-electron chi connectivity index (χ3n) is 6.07. The number of rotatable bonds is 5. The van der Waals surface area contributed by atoms with E-state index in [9.17, 15) is 9.59 Å². The van der Waals surface area contributed by atoms with E-state index >= 15 is 0 Å². The molecule has 1 aliphatic heterocycles. The van der Waals surface area contributed by atoms with Gasteiger partial charge in [0.1, 0.15) is 0 Å². The van der Waals surface area contributed by atoms with Gasteiger partial charge in [-0.25, -0.2) is 0 Å². The summed E-state index contributed by atoms with van der Waals surface area (Å²) in [6.45, 7) is 5.05. The first-order valence-corrected chi connectivity index (χ1v) is 11.2. The summed E-state index contributed by atoms with van der Waals surface area (Å²) in [6.07, 6.45) is 0. The number of aryl methyl sites for hydroxylation is 1. The van der Waals surface area contributed by atoms with E-state index in [1.807, 2.05) is 78.6 Å². The van der Waals surface area contributed by atoms with E-state index in [4.69, 9.17) is 5.73 Å². The number of nitrogen functional groups attached to an aromatic ring is 1. The fourth-order valence-electron chi connectivity index (χ4n) is 4.16. The van der Waals surface area contributed by atoms with Crippen LogP contribution in [0.4, 0.5) is 11.4 Å². The minimum Gasteiger partial charge on any atom is -0.399 e. The lowest BCUT2D eigenvalue weighted by molar-refractivity contribution is 0.0742. The second kappa shape index (κ2) is 9.77. The lowest BCUT2D eigenvalue weighted by Gasteiger charge is -2.37. The van der Waals surface area contributed by atoms with Crippen LogP contribution in [0.15, 0.2) is 72.8 Å². The van der Waals surface area contributed by atoms with Crippen LogP contribution in [0.5, 0.6) is 0 Å². The molecule has 0 aliphatic carbocycles. The van der Waals surface area contributed by atoms with Gasteiger partial charge in [-0.1, -0.05) is 48.0 Å². The van der Waals surface area contributed by atoms with Crippen LogP contribution in [0.1, 0.15) is 31.8 Å². The van der Waals surface area contributed by atoms with Crippen LogP contribution in [0.2, 0.25) is 0 Å². The first kappa shape index (κ1) is 22.4. The van der Waals surface area contributed by atoms with Crippen molar-refractivity contribution in [2.24, 2.45) is 0 Å². The van der Waals surface area contributed by atoms with Crippen molar-refractivity contribution in [1.29, 1.82) is 0 Å². The van der Waals surface area contributed by atoms with E-state index in [1.54, 1.807) is 18.0 Å². The van der Waals surface area contributed by atoms with E-state index in [0.717, 1.165) is 16.8 Å². The van der Waals surface area contributed by atoms with Crippen molar-refractivity contribution in [3.63, 3.8) is 0 Å². The van der Waals surface area contributed by atoms with Gasteiger partial charge >= 0.3 is 0 Å². The Morgan fingerprint density at radius 1 is 0.909 bits per heavy atom. The number of carbonyl (C=O) groups is 2. The molecule has 0 bridgehead atoms. The SMILES string of the molecule is Cc1ccc(C(=O)N2CCN(c3ccc(N)cc3C(=O)N(C)Cc3ccccc3)CC2)cc1. The predicted molar refractivity (Wildman–Crippen MR) is 132 cm³/mol. The zero-order valence-corrected chi connectivity index (χ0v) is 19.2. The monoisotopic (exact) mass is 442 g/mol. The Hall–Kier alpha value is -3.80. The average molecular weight is 443 g/mol. The largest absolute Gasteiger partial charge is 0.399 e. The lowest BCUT2D eigenvalue weighted by atomic mass is 10.1. The molecule has 1 aliphatic rings. The maximum absolute atomic E-state index is 13.3. The molecule has 0 saturated carbocycles. The standard InChI is InChI=1S/C27H30N4O2/c1-20-8-10-22(11-9-20)26(32)31-16-14-30(15-17-31)25-13-12-23(28)18-24(25)27(33)29(2)19-21-6-4-3-5-7-21/h3-13,18H,14-17,19,28H2,1-2H3. The van der Waals surface area contributed by atoms with Crippen LogP contribution in [0.25, 0.3) is 0 Å². The van der Waals surface area contributed by atoms with Gasteiger partial charge in [-0.3, -0.25) is 9.59 Å². The van der Waals surface area contributed by atoms with Gasteiger partial charge in [0, 0.05) is 56.7 Å². The van der Waals surface area contributed by atoms with Gasteiger partial charge in [0.15, 0.2) is 0 Å². The first-order chi connectivity index (χ1) is 15.9. The molecule has 2 amide bonds. The van der Waals surface area contributed by atoms with Crippen LogP contribution in [-0.2, 0) is 6.54 Å². The second-order valence-corrected chi connectivity index (χ2v) is 8.57. The quantitative estimate of drug-likeness (QED) is 0.610. The molecule has 0 aromatic heterocycles. The molecular weight excluding hydrogens is 412 g/mol. The van der Waals surface area contributed by atoms with Gasteiger partial charge in [0.05, 0.1) is 5.56 Å². The molecule has 1 heterocycles. The molecule has 0 unspecified atom stereocenters. The Bertz CT molecular complexity index is 1120. The van der Waals surface area contributed by atoms with Crippen molar-refractivity contribution in [3.8, 4) is 0 Å². The van der Waals surface area contributed by atoms with Gasteiger partial charge in [-0.05, 0) is 42.8 Å². The molecule has 33 heavy (non-hydrogen) atoms. The molecule has 2 N–H and O–H groups in total. The third kappa shape index (κ3) is 5.17. The molecule has 0 atom stereocenters. The van der Waals surface area contributed by atoms with Gasteiger partial charge < -0.3 is 20.4 Å². The first-order valence-electron chi connectivity index (χ1n) is 11.2. The Kier molecular flexibility index (Phi) is 6.63. The van der Waals surface area contributed by atoms with Crippen LogP contribution >= 0.6 is 0 Å². The fraction of sp³-hybridized carbons (Fsp3) is 0.259. The Morgan fingerprint density at radius 3 is 2.24 bits per heavy atom. The van der Waals surface area contributed by atoms with Crippen molar-refractivity contribution in [2.75, 3.05) is 43.9 Å². The number of nitrogens with two attached hydrogens (primary N) is 1. The van der Waals surface area contributed by atoms with Crippen LogP contribution in [0.3, 0.4) is 0 Å². The molecule has 1 fully saturated rings. The molecule has 3 aromatic carbocycles. The summed E-state index contributed by atoms with van der Waals surface area (Å²) in [5.74, 6) is -0.0230. The average Bonchev–Trinajstić information content (AvgIpc) is 2.84. The summed E-state index contributed by atoms with van der Waals surface area (Å²) in [7, 11) is 1.81. The molecule has 0 spiro atoms. The van der Waals surface area contributed by atoms with Gasteiger partial charge in [0.25, 0.3) is 11.8 Å². The number of amides is 2. The molecule has 3 aromatic rings. The Morgan fingerprint density at radius 2 is 1.58 bits per heavy atom. The van der Waals surface area contributed by atoms with Crippen LogP contribution in [0, 0.1) is 6.92 Å². The maximum Gasteiger partial charge on any atom is 0.256 e. The van der Waals surface area contributed by atoms with Gasteiger partial charge in [-0.15, -0.1) is 0 Å². The highest BCUT2D eigenvalue weighted by Gasteiger charge is 2.26. The van der Waals surface area contributed by atoms with Gasteiger partial charge in [0.2, 0.25) is 0 Å². The molecule has 1 saturated heterocycles. The summed E-state index contributed by atoms with van der Waals surface area (Å²) >= 11 is 0. The predicted octanol–water partition coefficient (Wildman–Crippen LogP) is 3.81. The number of nitrogens with zero attached hydrogens (tertiary/aromatic N) is 3.